The highest BCUT2D eigenvalue weighted by Gasteiger charge is 2.07. The lowest BCUT2D eigenvalue weighted by molar-refractivity contribution is 0.173. The third-order valence-corrected chi connectivity index (χ3v) is 2.81. The number of phenolic OH excluding ortho intramolecular Hbond substituents is 1. The van der Waals surface area contributed by atoms with Gasteiger partial charge in [-0.05, 0) is 30.2 Å². The van der Waals surface area contributed by atoms with Crippen LogP contribution >= 0.6 is 0 Å². The van der Waals surface area contributed by atoms with Crippen molar-refractivity contribution in [1.82, 2.24) is 5.32 Å². The van der Waals surface area contributed by atoms with Crippen LogP contribution in [0.4, 0.5) is 0 Å². The zero-order valence-electron chi connectivity index (χ0n) is 9.98. The Morgan fingerprint density at radius 3 is 2.38 bits per heavy atom. The van der Waals surface area contributed by atoms with Gasteiger partial charge in [0.1, 0.15) is 5.75 Å². The average Bonchev–Trinajstić information content (AvgIpc) is 2.29. The first kappa shape index (κ1) is 13.0. The van der Waals surface area contributed by atoms with Crippen LogP contribution < -0.4 is 5.32 Å². The number of hydrogen-bond acceptors (Lipinski definition) is 3. The number of hydrogen-bond donors (Lipinski definition) is 3. The van der Waals surface area contributed by atoms with Crippen LogP contribution in [-0.4, -0.2) is 23.3 Å². The standard InChI is InChI=1S/C13H21NO2/c1-3-10(2)8-14-9-13(16)11-4-6-12(15)7-5-11/h4-7,10,13-16H,3,8-9H2,1-2H3. The van der Waals surface area contributed by atoms with Gasteiger partial charge in [0.25, 0.3) is 0 Å². The second-order valence-electron chi connectivity index (χ2n) is 4.28. The van der Waals surface area contributed by atoms with Gasteiger partial charge in [0.15, 0.2) is 0 Å². The van der Waals surface area contributed by atoms with Crippen LogP contribution in [-0.2, 0) is 0 Å². The summed E-state index contributed by atoms with van der Waals surface area (Å²) in [6.45, 7) is 5.81. The Balaban J connectivity index is 2.35. The molecule has 1 rings (SSSR count). The van der Waals surface area contributed by atoms with E-state index in [1.165, 1.54) is 0 Å². The molecule has 0 amide bonds. The fourth-order valence-electron chi connectivity index (χ4n) is 1.43. The molecule has 0 saturated carbocycles. The lowest BCUT2D eigenvalue weighted by Crippen LogP contribution is -2.26. The van der Waals surface area contributed by atoms with Crippen LogP contribution in [0, 0.1) is 5.92 Å². The molecule has 3 N–H and O–H groups in total. The van der Waals surface area contributed by atoms with E-state index in [1.807, 2.05) is 0 Å². The van der Waals surface area contributed by atoms with Crippen molar-refractivity contribution in [2.45, 2.75) is 26.4 Å². The maximum Gasteiger partial charge on any atom is 0.115 e. The van der Waals surface area contributed by atoms with Gasteiger partial charge < -0.3 is 15.5 Å². The molecule has 16 heavy (non-hydrogen) atoms. The number of nitrogens with one attached hydrogen (secondary N) is 1. The topological polar surface area (TPSA) is 52.5 Å². The Labute approximate surface area is 97.1 Å². The van der Waals surface area contributed by atoms with Crippen molar-refractivity contribution < 1.29 is 10.2 Å². The summed E-state index contributed by atoms with van der Waals surface area (Å²) < 4.78 is 0. The molecule has 0 aliphatic rings. The van der Waals surface area contributed by atoms with Crippen LogP contribution in [0.25, 0.3) is 0 Å². The largest absolute Gasteiger partial charge is 0.508 e. The third kappa shape index (κ3) is 4.21. The summed E-state index contributed by atoms with van der Waals surface area (Å²) in [7, 11) is 0. The Bertz CT molecular complexity index is 297. The number of phenols is 1. The molecule has 0 heterocycles. The molecule has 0 fully saturated rings. The van der Waals surface area contributed by atoms with Gasteiger partial charge in [0, 0.05) is 6.54 Å². The van der Waals surface area contributed by atoms with E-state index in [0.29, 0.717) is 12.5 Å². The van der Waals surface area contributed by atoms with E-state index < -0.39 is 6.10 Å². The second kappa shape index (κ2) is 6.51. The quantitative estimate of drug-likeness (QED) is 0.692. The molecule has 2 atom stereocenters. The summed E-state index contributed by atoms with van der Waals surface area (Å²) in [5.41, 5.74) is 0.828. The second-order valence-corrected chi connectivity index (χ2v) is 4.28. The van der Waals surface area contributed by atoms with Crippen molar-refractivity contribution in [3.63, 3.8) is 0 Å². The highest BCUT2D eigenvalue weighted by Crippen LogP contribution is 2.16. The van der Waals surface area contributed by atoms with Gasteiger partial charge in [0.05, 0.1) is 6.10 Å². The fourth-order valence-corrected chi connectivity index (χ4v) is 1.43. The zero-order valence-corrected chi connectivity index (χ0v) is 9.98. The maximum atomic E-state index is 9.85. The van der Waals surface area contributed by atoms with Gasteiger partial charge in [-0.15, -0.1) is 0 Å². The monoisotopic (exact) mass is 223 g/mol. The summed E-state index contributed by atoms with van der Waals surface area (Å²) in [6, 6.07) is 6.66. The molecule has 0 aromatic heterocycles. The van der Waals surface area contributed by atoms with Crippen molar-refractivity contribution >= 4 is 0 Å². The predicted molar refractivity (Wildman–Crippen MR) is 65.4 cm³/mol. The van der Waals surface area contributed by atoms with E-state index in [2.05, 4.69) is 19.2 Å². The first-order chi connectivity index (χ1) is 7.63. The summed E-state index contributed by atoms with van der Waals surface area (Å²) in [6.07, 6.45) is 0.632. The first-order valence-electron chi connectivity index (χ1n) is 5.81. The molecular weight excluding hydrogens is 202 g/mol. The van der Waals surface area contributed by atoms with Crippen molar-refractivity contribution in [2.24, 2.45) is 5.92 Å². The van der Waals surface area contributed by atoms with Crippen LogP contribution in [0.2, 0.25) is 0 Å². The third-order valence-electron chi connectivity index (χ3n) is 2.81. The summed E-state index contributed by atoms with van der Waals surface area (Å²) in [5.74, 6) is 0.857. The highest BCUT2D eigenvalue weighted by molar-refractivity contribution is 5.27. The number of benzene rings is 1. The van der Waals surface area contributed by atoms with Gasteiger partial charge in [-0.2, -0.15) is 0 Å². The van der Waals surface area contributed by atoms with E-state index in [0.717, 1.165) is 18.5 Å². The van der Waals surface area contributed by atoms with Crippen LogP contribution in [0.15, 0.2) is 24.3 Å². The smallest absolute Gasteiger partial charge is 0.115 e. The van der Waals surface area contributed by atoms with E-state index in [1.54, 1.807) is 24.3 Å². The Hall–Kier alpha value is -1.06. The molecular formula is C13H21NO2. The van der Waals surface area contributed by atoms with Crippen molar-refractivity contribution in [2.75, 3.05) is 13.1 Å². The van der Waals surface area contributed by atoms with Gasteiger partial charge in [-0.3, -0.25) is 0 Å². The fraction of sp³-hybridized carbons (Fsp3) is 0.538. The molecule has 1 aromatic rings. The molecule has 0 radical (unpaired) electrons. The predicted octanol–water partition coefficient (Wildman–Crippen LogP) is 2.06. The minimum Gasteiger partial charge on any atom is -0.508 e. The van der Waals surface area contributed by atoms with Crippen molar-refractivity contribution in [3.05, 3.63) is 29.8 Å². The van der Waals surface area contributed by atoms with Gasteiger partial charge in [0.2, 0.25) is 0 Å². The van der Waals surface area contributed by atoms with Crippen LogP contribution in [0.1, 0.15) is 31.9 Å². The molecule has 2 unspecified atom stereocenters. The zero-order chi connectivity index (χ0) is 12.0. The molecule has 0 bridgehead atoms. The molecule has 3 heteroatoms. The van der Waals surface area contributed by atoms with Gasteiger partial charge >= 0.3 is 0 Å². The molecule has 3 nitrogen and oxygen atoms in total. The Kier molecular flexibility index (Phi) is 5.29. The van der Waals surface area contributed by atoms with E-state index in [4.69, 9.17) is 5.11 Å². The van der Waals surface area contributed by atoms with Crippen molar-refractivity contribution in [3.8, 4) is 5.75 Å². The number of aliphatic hydroxyl groups is 1. The molecule has 90 valence electrons. The number of aliphatic hydroxyl groups excluding tert-OH is 1. The lowest BCUT2D eigenvalue weighted by Gasteiger charge is -2.14. The summed E-state index contributed by atoms with van der Waals surface area (Å²) in [5, 5.41) is 22.2. The molecule has 1 aromatic carbocycles. The Morgan fingerprint density at radius 2 is 1.81 bits per heavy atom. The molecule has 0 aliphatic heterocycles. The highest BCUT2D eigenvalue weighted by atomic mass is 16.3. The number of aromatic hydroxyl groups is 1. The van der Waals surface area contributed by atoms with Crippen LogP contribution in [0.3, 0.4) is 0 Å². The first-order valence-corrected chi connectivity index (χ1v) is 5.81. The van der Waals surface area contributed by atoms with E-state index in [9.17, 15) is 5.11 Å². The summed E-state index contributed by atoms with van der Waals surface area (Å²) in [4.78, 5) is 0. The van der Waals surface area contributed by atoms with Crippen LogP contribution in [0.5, 0.6) is 5.75 Å². The minimum absolute atomic E-state index is 0.225. The lowest BCUT2D eigenvalue weighted by atomic mass is 10.1. The number of rotatable bonds is 6. The Morgan fingerprint density at radius 1 is 1.19 bits per heavy atom. The summed E-state index contributed by atoms with van der Waals surface area (Å²) >= 11 is 0. The molecule has 0 aliphatic carbocycles. The molecule has 0 saturated heterocycles. The normalized spacial score (nSPS) is 14.7. The minimum atomic E-state index is -0.510. The van der Waals surface area contributed by atoms with E-state index in [-0.39, 0.29) is 5.75 Å². The van der Waals surface area contributed by atoms with Gasteiger partial charge in [-0.25, -0.2) is 0 Å². The van der Waals surface area contributed by atoms with Crippen molar-refractivity contribution in [1.29, 1.82) is 0 Å². The van der Waals surface area contributed by atoms with E-state index >= 15 is 0 Å². The van der Waals surface area contributed by atoms with Gasteiger partial charge in [-0.1, -0.05) is 32.4 Å². The average molecular weight is 223 g/mol. The molecule has 0 spiro atoms. The SMILES string of the molecule is CCC(C)CNCC(O)c1ccc(O)cc1. The maximum absolute atomic E-state index is 9.85.